The van der Waals surface area contributed by atoms with E-state index in [1.54, 1.807) is 6.20 Å². The maximum absolute atomic E-state index is 11.4. The van der Waals surface area contributed by atoms with Gasteiger partial charge in [0.2, 0.25) is 0 Å². The Balaban J connectivity index is 2.10. The Bertz CT molecular complexity index is 727. The van der Waals surface area contributed by atoms with Crippen LogP contribution in [0.3, 0.4) is 0 Å². The van der Waals surface area contributed by atoms with Crippen molar-refractivity contribution in [2.24, 2.45) is 4.36 Å². The summed E-state index contributed by atoms with van der Waals surface area (Å²) in [6, 6.07) is 7.44. The highest BCUT2D eigenvalue weighted by molar-refractivity contribution is 7.92. The zero-order valence-corrected chi connectivity index (χ0v) is 11.5. The van der Waals surface area contributed by atoms with Crippen molar-refractivity contribution >= 4 is 32.5 Å². The third-order valence-electron chi connectivity index (χ3n) is 2.19. The van der Waals surface area contributed by atoms with Gasteiger partial charge in [-0.05, 0) is 12.1 Å². The fourth-order valence-corrected chi connectivity index (χ4v) is 2.04. The van der Waals surface area contributed by atoms with Gasteiger partial charge in [-0.1, -0.05) is 12.1 Å². The van der Waals surface area contributed by atoms with Crippen LogP contribution in [0, 0.1) is 0 Å². The number of nitrogens with zero attached hydrogens (tertiary/aromatic N) is 3. The molecule has 2 rings (SSSR count). The van der Waals surface area contributed by atoms with Crippen molar-refractivity contribution in [1.82, 2.24) is 9.97 Å². The number of amides is 1. The summed E-state index contributed by atoms with van der Waals surface area (Å²) in [5.74, 6) is 0.0194. The highest BCUT2D eigenvalue weighted by Gasteiger charge is 2.03. The van der Waals surface area contributed by atoms with Crippen molar-refractivity contribution in [2.75, 3.05) is 24.4 Å². The summed E-state index contributed by atoms with van der Waals surface area (Å²) in [6.07, 6.45) is 4.38. The van der Waals surface area contributed by atoms with Crippen molar-refractivity contribution in [3.05, 3.63) is 30.5 Å². The predicted molar refractivity (Wildman–Crippen MR) is 75.5 cm³/mol. The second-order valence-corrected chi connectivity index (χ2v) is 6.81. The van der Waals surface area contributed by atoms with Gasteiger partial charge in [0.1, 0.15) is 5.82 Å². The van der Waals surface area contributed by atoms with E-state index < -0.39 is 15.6 Å². The van der Waals surface area contributed by atoms with Gasteiger partial charge in [0.15, 0.2) is 0 Å². The van der Waals surface area contributed by atoms with Crippen LogP contribution in [0.2, 0.25) is 0 Å². The number of anilines is 1. The summed E-state index contributed by atoms with van der Waals surface area (Å²) in [6.45, 7) is -0.0499. The van der Waals surface area contributed by atoms with E-state index in [9.17, 15) is 9.00 Å². The molecule has 1 aromatic heterocycles. The predicted octanol–water partition coefficient (Wildman–Crippen LogP) is 1.30. The standard InChI is InChI=1S/C12H14N4O2S/c1-19(2,18)16-12(17)8-14-11-7-13-9-5-3-4-6-10(9)15-11/h3-7H,8H2,1-2H3,(H,14,15). The minimum atomic E-state index is -2.41. The molecule has 1 aromatic carbocycles. The molecule has 2 aromatic rings. The molecule has 0 atom stereocenters. The van der Waals surface area contributed by atoms with Crippen molar-refractivity contribution < 1.29 is 9.00 Å². The van der Waals surface area contributed by atoms with Crippen LogP contribution in [0.4, 0.5) is 5.82 Å². The van der Waals surface area contributed by atoms with Gasteiger partial charge in [0.05, 0.1) is 23.8 Å². The minimum absolute atomic E-state index is 0.0499. The summed E-state index contributed by atoms with van der Waals surface area (Å²) in [5, 5.41) is 2.82. The molecule has 0 unspecified atom stereocenters. The van der Waals surface area contributed by atoms with Crippen LogP contribution in [0.5, 0.6) is 0 Å². The molecule has 0 radical (unpaired) electrons. The van der Waals surface area contributed by atoms with Gasteiger partial charge in [-0.15, -0.1) is 0 Å². The summed E-state index contributed by atoms with van der Waals surface area (Å²) in [4.78, 5) is 20.0. The molecule has 0 saturated carbocycles. The smallest absolute Gasteiger partial charge is 0.273 e. The van der Waals surface area contributed by atoms with Crippen LogP contribution in [0.15, 0.2) is 34.8 Å². The molecule has 0 aliphatic rings. The van der Waals surface area contributed by atoms with E-state index in [1.165, 1.54) is 12.5 Å². The third kappa shape index (κ3) is 3.99. The van der Waals surface area contributed by atoms with Crippen molar-refractivity contribution in [3.63, 3.8) is 0 Å². The largest absolute Gasteiger partial charge is 0.360 e. The molecule has 1 N–H and O–H groups in total. The Hall–Kier alpha value is -2.02. The van der Waals surface area contributed by atoms with Crippen LogP contribution in [-0.2, 0) is 14.5 Å². The first-order valence-electron chi connectivity index (χ1n) is 5.60. The van der Waals surface area contributed by atoms with Gasteiger partial charge in [-0.25, -0.2) is 9.19 Å². The lowest BCUT2D eigenvalue weighted by Gasteiger charge is -2.04. The van der Waals surface area contributed by atoms with Crippen molar-refractivity contribution in [3.8, 4) is 0 Å². The second kappa shape index (κ2) is 5.31. The summed E-state index contributed by atoms with van der Waals surface area (Å²) in [7, 11) is -2.41. The number of aromatic nitrogens is 2. The highest BCUT2D eigenvalue weighted by Crippen LogP contribution is 2.10. The molecule has 0 aliphatic heterocycles. The Labute approximate surface area is 111 Å². The molecular weight excluding hydrogens is 264 g/mol. The minimum Gasteiger partial charge on any atom is -0.360 e. The first-order chi connectivity index (χ1) is 8.94. The van der Waals surface area contributed by atoms with Crippen LogP contribution < -0.4 is 5.32 Å². The maximum atomic E-state index is 11.4. The van der Waals surface area contributed by atoms with Crippen LogP contribution in [-0.4, -0.2) is 39.1 Å². The first-order valence-corrected chi connectivity index (χ1v) is 7.93. The van der Waals surface area contributed by atoms with E-state index in [2.05, 4.69) is 19.6 Å². The molecule has 6 nitrogen and oxygen atoms in total. The SMILES string of the molecule is CS(C)(=O)=NC(=O)CNc1cnc2ccccc2n1. The maximum Gasteiger partial charge on any atom is 0.273 e. The molecule has 7 heteroatoms. The van der Waals surface area contributed by atoms with Gasteiger partial charge in [0.25, 0.3) is 5.91 Å². The van der Waals surface area contributed by atoms with Gasteiger partial charge in [0, 0.05) is 22.2 Å². The van der Waals surface area contributed by atoms with Crippen molar-refractivity contribution in [1.29, 1.82) is 0 Å². The normalized spacial score (nSPS) is 11.3. The lowest BCUT2D eigenvalue weighted by atomic mass is 10.3. The molecule has 1 heterocycles. The van der Waals surface area contributed by atoms with Crippen LogP contribution in [0.25, 0.3) is 11.0 Å². The summed E-state index contributed by atoms with van der Waals surface area (Å²) in [5.41, 5.74) is 1.53. The van der Waals surface area contributed by atoms with Gasteiger partial charge in [-0.2, -0.15) is 4.36 Å². The molecule has 0 saturated heterocycles. The molecule has 0 bridgehead atoms. The summed E-state index contributed by atoms with van der Waals surface area (Å²) < 4.78 is 14.9. The van der Waals surface area contributed by atoms with E-state index in [0.29, 0.717) is 5.82 Å². The molecule has 0 spiro atoms. The van der Waals surface area contributed by atoms with E-state index in [0.717, 1.165) is 11.0 Å². The Kier molecular flexibility index (Phi) is 3.75. The first kappa shape index (κ1) is 13.4. The van der Waals surface area contributed by atoms with E-state index in [4.69, 9.17) is 0 Å². The fourth-order valence-electron chi connectivity index (χ4n) is 1.49. The van der Waals surface area contributed by atoms with Gasteiger partial charge in [-0.3, -0.25) is 9.78 Å². The Morgan fingerprint density at radius 3 is 2.68 bits per heavy atom. The van der Waals surface area contributed by atoms with E-state index >= 15 is 0 Å². The molecule has 100 valence electrons. The number of hydrogen-bond acceptors (Lipinski definition) is 5. The average molecular weight is 278 g/mol. The van der Waals surface area contributed by atoms with Crippen LogP contribution >= 0.6 is 0 Å². The highest BCUT2D eigenvalue weighted by atomic mass is 32.2. The molecule has 0 fully saturated rings. The number of nitrogens with one attached hydrogen (secondary N) is 1. The second-order valence-electron chi connectivity index (χ2n) is 4.26. The number of carbonyl (C=O) groups is 1. The number of para-hydroxylation sites is 2. The monoisotopic (exact) mass is 278 g/mol. The molecular formula is C12H14N4O2S. The third-order valence-corrected chi connectivity index (χ3v) is 2.83. The van der Waals surface area contributed by atoms with Gasteiger partial charge < -0.3 is 5.32 Å². The lowest BCUT2D eigenvalue weighted by molar-refractivity contribution is -0.116. The van der Waals surface area contributed by atoms with Crippen LogP contribution in [0.1, 0.15) is 0 Å². The summed E-state index contributed by atoms with van der Waals surface area (Å²) >= 11 is 0. The topological polar surface area (TPSA) is 84.3 Å². The zero-order valence-electron chi connectivity index (χ0n) is 10.7. The van der Waals surface area contributed by atoms with E-state index in [1.807, 2.05) is 24.3 Å². The number of rotatable bonds is 3. The molecule has 1 amide bonds. The molecule has 0 aliphatic carbocycles. The quantitative estimate of drug-likeness (QED) is 0.914. The van der Waals surface area contributed by atoms with Crippen molar-refractivity contribution in [2.45, 2.75) is 0 Å². The Morgan fingerprint density at radius 1 is 1.32 bits per heavy atom. The lowest BCUT2D eigenvalue weighted by Crippen LogP contribution is -2.14. The number of carbonyl (C=O) groups excluding carboxylic acids is 1. The number of fused-ring (bicyclic) bond motifs is 1. The number of benzene rings is 1. The average Bonchev–Trinajstić information content (AvgIpc) is 2.34. The number of hydrogen-bond donors (Lipinski definition) is 1. The zero-order chi connectivity index (χ0) is 13.9. The van der Waals surface area contributed by atoms with E-state index in [-0.39, 0.29) is 6.54 Å². The van der Waals surface area contributed by atoms with Gasteiger partial charge >= 0.3 is 0 Å². The Morgan fingerprint density at radius 2 is 2.00 bits per heavy atom. The molecule has 19 heavy (non-hydrogen) atoms. The fraction of sp³-hybridized carbons (Fsp3) is 0.250.